The molecule has 0 aliphatic carbocycles. The van der Waals surface area contributed by atoms with Crippen LogP contribution in [0.5, 0.6) is 0 Å². The molecule has 0 bridgehead atoms. The molecule has 2 rings (SSSR count). The third-order valence-electron chi connectivity index (χ3n) is 3.76. The molecule has 1 aliphatic heterocycles. The fourth-order valence-corrected chi connectivity index (χ4v) is 2.58. The number of H-pyrrole nitrogens is 1. The Morgan fingerprint density at radius 3 is 2.72 bits per heavy atom. The number of nitrogens with one attached hydrogen (secondary N) is 1. The van der Waals surface area contributed by atoms with Gasteiger partial charge in [-0.2, -0.15) is 5.10 Å². The van der Waals surface area contributed by atoms with Crippen LogP contribution >= 0.6 is 0 Å². The van der Waals surface area contributed by atoms with E-state index < -0.39 is 0 Å². The van der Waals surface area contributed by atoms with Crippen LogP contribution in [0.15, 0.2) is 0 Å². The molecule has 1 aliphatic rings. The van der Waals surface area contributed by atoms with Gasteiger partial charge in [-0.25, -0.2) is 0 Å². The molecular weight excluding hydrogens is 228 g/mol. The number of piperidine rings is 1. The molecule has 18 heavy (non-hydrogen) atoms. The first-order valence-electron chi connectivity index (χ1n) is 6.48. The molecule has 100 valence electrons. The molecule has 5 nitrogen and oxygen atoms in total. The fourth-order valence-electron chi connectivity index (χ4n) is 2.58. The van der Waals surface area contributed by atoms with E-state index in [0.29, 0.717) is 6.04 Å². The number of carbonyl (C=O) groups excluding carboxylic acids is 1. The van der Waals surface area contributed by atoms with Gasteiger partial charge < -0.3 is 9.80 Å². The van der Waals surface area contributed by atoms with Crippen molar-refractivity contribution >= 4 is 5.91 Å². The average Bonchev–Trinajstić information content (AvgIpc) is 2.68. The number of hydrogen-bond donors (Lipinski definition) is 1. The number of likely N-dealkylation sites (N-methyl/N-ethyl adjacent to an activating group) is 1. The summed E-state index contributed by atoms with van der Waals surface area (Å²) < 4.78 is 0. The van der Waals surface area contributed by atoms with Crippen LogP contribution in [0.2, 0.25) is 0 Å². The van der Waals surface area contributed by atoms with E-state index in [0.717, 1.165) is 36.5 Å². The second-order valence-electron chi connectivity index (χ2n) is 5.32. The highest BCUT2D eigenvalue weighted by Gasteiger charge is 2.27. The number of aryl methyl sites for hydroxylation is 2. The standard InChI is InChI=1S/C13H22N4O/c1-9-12(10(2)15-14-9)13(18)17-7-5-6-11(8-17)16(3)4/h11H,5-8H2,1-4H3,(H,14,15). The molecular formula is C13H22N4O. The maximum absolute atomic E-state index is 12.5. The minimum Gasteiger partial charge on any atom is -0.337 e. The molecule has 1 aromatic rings. The summed E-state index contributed by atoms with van der Waals surface area (Å²) in [6.07, 6.45) is 2.24. The summed E-state index contributed by atoms with van der Waals surface area (Å²) in [4.78, 5) is 16.7. The van der Waals surface area contributed by atoms with Crippen molar-refractivity contribution in [3.05, 3.63) is 17.0 Å². The lowest BCUT2D eigenvalue weighted by Crippen LogP contribution is -2.47. The Bertz CT molecular complexity index is 419. The predicted molar refractivity (Wildman–Crippen MR) is 70.7 cm³/mol. The lowest BCUT2D eigenvalue weighted by Gasteiger charge is -2.36. The van der Waals surface area contributed by atoms with E-state index in [9.17, 15) is 4.79 Å². The van der Waals surface area contributed by atoms with Crippen LogP contribution in [0.3, 0.4) is 0 Å². The van der Waals surface area contributed by atoms with E-state index in [4.69, 9.17) is 0 Å². The van der Waals surface area contributed by atoms with Gasteiger partial charge in [0.2, 0.25) is 0 Å². The van der Waals surface area contributed by atoms with Gasteiger partial charge in [0.1, 0.15) is 0 Å². The molecule has 1 N–H and O–H groups in total. The second kappa shape index (κ2) is 5.10. The molecule has 1 fully saturated rings. The van der Waals surface area contributed by atoms with E-state index in [1.807, 2.05) is 18.7 Å². The molecule has 1 atom stereocenters. The second-order valence-corrected chi connectivity index (χ2v) is 5.32. The molecule has 0 spiro atoms. The molecule has 1 aromatic heterocycles. The highest BCUT2D eigenvalue weighted by Crippen LogP contribution is 2.19. The zero-order valence-corrected chi connectivity index (χ0v) is 11.7. The van der Waals surface area contributed by atoms with Crippen molar-refractivity contribution in [2.45, 2.75) is 32.7 Å². The Morgan fingerprint density at radius 2 is 2.17 bits per heavy atom. The largest absolute Gasteiger partial charge is 0.337 e. The zero-order valence-electron chi connectivity index (χ0n) is 11.7. The van der Waals surface area contributed by atoms with Gasteiger partial charge in [0.25, 0.3) is 5.91 Å². The van der Waals surface area contributed by atoms with E-state index >= 15 is 0 Å². The molecule has 1 amide bonds. The minimum absolute atomic E-state index is 0.116. The zero-order chi connectivity index (χ0) is 13.3. The first kappa shape index (κ1) is 13.1. The quantitative estimate of drug-likeness (QED) is 0.858. The van der Waals surface area contributed by atoms with Gasteiger partial charge in [-0.15, -0.1) is 0 Å². The summed E-state index contributed by atoms with van der Waals surface area (Å²) in [6.45, 7) is 5.45. The lowest BCUT2D eigenvalue weighted by atomic mass is 10.0. The Morgan fingerprint density at radius 1 is 1.44 bits per heavy atom. The van der Waals surface area contributed by atoms with Gasteiger partial charge in [0, 0.05) is 24.8 Å². The van der Waals surface area contributed by atoms with Crippen molar-refractivity contribution in [2.75, 3.05) is 27.2 Å². The van der Waals surface area contributed by atoms with Crippen molar-refractivity contribution in [3.63, 3.8) is 0 Å². The third-order valence-corrected chi connectivity index (χ3v) is 3.76. The molecule has 1 saturated heterocycles. The molecule has 0 saturated carbocycles. The van der Waals surface area contributed by atoms with Crippen LogP contribution in [0.4, 0.5) is 0 Å². The summed E-state index contributed by atoms with van der Waals surface area (Å²) in [5.74, 6) is 0.116. The smallest absolute Gasteiger partial charge is 0.257 e. The minimum atomic E-state index is 0.116. The average molecular weight is 250 g/mol. The number of nitrogens with zero attached hydrogens (tertiary/aromatic N) is 3. The summed E-state index contributed by atoms with van der Waals surface area (Å²) in [5.41, 5.74) is 2.41. The van der Waals surface area contributed by atoms with Gasteiger partial charge in [-0.3, -0.25) is 9.89 Å². The molecule has 0 radical (unpaired) electrons. The molecule has 2 heterocycles. The van der Waals surface area contributed by atoms with Crippen molar-refractivity contribution in [3.8, 4) is 0 Å². The van der Waals surface area contributed by atoms with Crippen LogP contribution in [0.1, 0.15) is 34.6 Å². The highest BCUT2D eigenvalue weighted by atomic mass is 16.2. The van der Waals surface area contributed by atoms with Gasteiger partial charge in [-0.05, 0) is 40.8 Å². The van der Waals surface area contributed by atoms with Crippen molar-refractivity contribution in [1.29, 1.82) is 0 Å². The van der Waals surface area contributed by atoms with Crippen molar-refractivity contribution < 1.29 is 4.79 Å². The van der Waals surface area contributed by atoms with Crippen LogP contribution in [-0.4, -0.2) is 59.1 Å². The first-order chi connectivity index (χ1) is 8.50. The SMILES string of the molecule is Cc1n[nH]c(C)c1C(=O)N1CCCC(N(C)C)C1. The van der Waals surface area contributed by atoms with E-state index in [2.05, 4.69) is 29.2 Å². The lowest BCUT2D eigenvalue weighted by molar-refractivity contribution is 0.0634. The number of amides is 1. The van der Waals surface area contributed by atoms with Crippen molar-refractivity contribution in [1.82, 2.24) is 20.0 Å². The van der Waals surface area contributed by atoms with Gasteiger partial charge in [0.15, 0.2) is 0 Å². The molecule has 0 aromatic carbocycles. The number of aromatic nitrogens is 2. The number of hydrogen-bond acceptors (Lipinski definition) is 3. The maximum Gasteiger partial charge on any atom is 0.257 e. The van der Waals surface area contributed by atoms with Crippen LogP contribution < -0.4 is 0 Å². The Labute approximate surface area is 108 Å². The molecule has 5 heteroatoms. The van der Waals surface area contributed by atoms with Crippen LogP contribution in [-0.2, 0) is 0 Å². The van der Waals surface area contributed by atoms with E-state index in [1.165, 1.54) is 6.42 Å². The number of aromatic amines is 1. The Hall–Kier alpha value is -1.36. The summed E-state index contributed by atoms with van der Waals surface area (Å²) in [5, 5.41) is 6.99. The predicted octanol–water partition coefficient (Wildman–Crippen LogP) is 1.19. The number of likely N-dealkylation sites (tertiary alicyclic amines) is 1. The normalized spacial score (nSPS) is 20.5. The Balaban J connectivity index is 2.14. The number of rotatable bonds is 2. The summed E-state index contributed by atoms with van der Waals surface area (Å²) >= 11 is 0. The maximum atomic E-state index is 12.5. The van der Waals surface area contributed by atoms with Crippen molar-refractivity contribution in [2.24, 2.45) is 0 Å². The summed E-state index contributed by atoms with van der Waals surface area (Å²) in [6, 6.07) is 0.468. The van der Waals surface area contributed by atoms with E-state index in [-0.39, 0.29) is 5.91 Å². The van der Waals surface area contributed by atoms with E-state index in [1.54, 1.807) is 0 Å². The van der Waals surface area contributed by atoms with Gasteiger partial charge >= 0.3 is 0 Å². The van der Waals surface area contributed by atoms with Crippen LogP contribution in [0.25, 0.3) is 0 Å². The topological polar surface area (TPSA) is 52.2 Å². The number of carbonyl (C=O) groups is 1. The third kappa shape index (κ3) is 2.41. The monoisotopic (exact) mass is 250 g/mol. The van der Waals surface area contributed by atoms with Gasteiger partial charge in [-0.1, -0.05) is 0 Å². The fraction of sp³-hybridized carbons (Fsp3) is 0.692. The molecule has 1 unspecified atom stereocenters. The highest BCUT2D eigenvalue weighted by molar-refractivity contribution is 5.96. The Kier molecular flexibility index (Phi) is 3.71. The van der Waals surface area contributed by atoms with Gasteiger partial charge in [0.05, 0.1) is 11.3 Å². The summed E-state index contributed by atoms with van der Waals surface area (Å²) in [7, 11) is 4.15. The van der Waals surface area contributed by atoms with Crippen LogP contribution in [0, 0.1) is 13.8 Å². The first-order valence-corrected chi connectivity index (χ1v) is 6.48.